The predicted octanol–water partition coefficient (Wildman–Crippen LogP) is 5.64. The average molecular weight is 517 g/mol. The van der Waals surface area contributed by atoms with Crippen LogP contribution in [0.1, 0.15) is 48.7 Å². The lowest BCUT2D eigenvalue weighted by atomic mass is 10.2. The van der Waals surface area contributed by atoms with Gasteiger partial charge in [-0.25, -0.2) is 0 Å². The molecule has 1 aliphatic carbocycles. The summed E-state index contributed by atoms with van der Waals surface area (Å²) in [5.41, 5.74) is 0.779. The highest BCUT2D eigenvalue weighted by Gasteiger charge is 2.43. The van der Waals surface area contributed by atoms with Gasteiger partial charge in [0.05, 0.1) is 28.6 Å². The highest BCUT2D eigenvalue weighted by molar-refractivity contribution is 9.10. The highest BCUT2D eigenvalue weighted by atomic mass is 79.9. The van der Waals surface area contributed by atoms with Crippen LogP contribution < -0.4 is 5.32 Å². The van der Waals surface area contributed by atoms with Gasteiger partial charge in [-0.1, -0.05) is 23.7 Å². The van der Waals surface area contributed by atoms with Gasteiger partial charge in [0, 0.05) is 17.1 Å². The van der Waals surface area contributed by atoms with E-state index in [2.05, 4.69) is 31.4 Å². The molecule has 1 aliphatic rings. The van der Waals surface area contributed by atoms with Crippen molar-refractivity contribution in [2.45, 2.75) is 44.4 Å². The lowest BCUT2D eigenvalue weighted by Gasteiger charge is -2.15. The Labute approximate surface area is 189 Å². The van der Waals surface area contributed by atoms with Crippen molar-refractivity contribution in [3.63, 3.8) is 0 Å². The maximum Gasteiger partial charge on any atom is 0.436 e. The van der Waals surface area contributed by atoms with Gasteiger partial charge in [-0.2, -0.15) is 23.4 Å². The van der Waals surface area contributed by atoms with E-state index >= 15 is 0 Å². The Morgan fingerprint density at radius 3 is 2.77 bits per heavy atom. The highest BCUT2D eigenvalue weighted by Crippen LogP contribution is 2.47. The van der Waals surface area contributed by atoms with Crippen molar-refractivity contribution in [3.05, 3.63) is 63.1 Å². The molecule has 2 heterocycles. The van der Waals surface area contributed by atoms with Crippen LogP contribution in [0.25, 0.3) is 0 Å². The van der Waals surface area contributed by atoms with Gasteiger partial charge >= 0.3 is 6.18 Å². The molecule has 1 unspecified atom stereocenters. The number of carbonyl (C=O) groups excluding carboxylic acids is 1. The number of rotatable bonds is 6. The first-order valence-electron chi connectivity index (χ1n) is 9.56. The van der Waals surface area contributed by atoms with Crippen LogP contribution in [0.4, 0.5) is 18.9 Å². The minimum Gasteiger partial charge on any atom is -0.322 e. The maximum atomic E-state index is 13.3. The molecule has 0 aliphatic heterocycles. The molecule has 1 fully saturated rings. The predicted molar refractivity (Wildman–Crippen MR) is 113 cm³/mol. The molecule has 0 bridgehead atoms. The number of nitrogens with zero attached hydrogens (tertiary/aromatic N) is 4. The molecule has 164 valence electrons. The molecular formula is C20H18BrClF3N5O. The number of alkyl halides is 3. The second-order valence-electron chi connectivity index (χ2n) is 7.49. The third kappa shape index (κ3) is 4.79. The molecule has 11 heteroatoms. The molecule has 4 rings (SSSR count). The van der Waals surface area contributed by atoms with E-state index in [9.17, 15) is 18.0 Å². The molecule has 0 radical (unpaired) electrons. The zero-order valence-electron chi connectivity index (χ0n) is 16.3. The van der Waals surface area contributed by atoms with E-state index in [1.165, 1.54) is 17.8 Å². The average Bonchev–Trinajstić information content (AvgIpc) is 3.33. The van der Waals surface area contributed by atoms with Gasteiger partial charge < -0.3 is 5.32 Å². The summed E-state index contributed by atoms with van der Waals surface area (Å²) in [5.74, 6) is -0.512. The molecule has 1 saturated carbocycles. The van der Waals surface area contributed by atoms with E-state index in [0.717, 1.165) is 18.4 Å². The third-order valence-electron chi connectivity index (χ3n) is 5.00. The van der Waals surface area contributed by atoms with Crippen molar-refractivity contribution in [3.8, 4) is 0 Å². The fraction of sp³-hybridized carbons (Fsp3) is 0.350. The summed E-state index contributed by atoms with van der Waals surface area (Å²) in [6.45, 7) is 1.98. The van der Waals surface area contributed by atoms with Crippen molar-refractivity contribution in [2.75, 3.05) is 5.32 Å². The quantitative estimate of drug-likeness (QED) is 0.461. The first-order valence-corrected chi connectivity index (χ1v) is 10.7. The minimum absolute atomic E-state index is 0.0336. The fourth-order valence-electron chi connectivity index (χ4n) is 3.32. The molecule has 0 spiro atoms. The summed E-state index contributed by atoms with van der Waals surface area (Å²) < 4.78 is 42.7. The monoisotopic (exact) mass is 515 g/mol. The van der Waals surface area contributed by atoms with Crippen LogP contribution in [0.2, 0.25) is 5.02 Å². The molecule has 2 aromatic heterocycles. The Balaban J connectivity index is 1.50. The van der Waals surface area contributed by atoms with Gasteiger partial charge in [-0.3, -0.25) is 14.2 Å². The Bertz CT molecular complexity index is 1120. The Hall–Kier alpha value is -2.33. The van der Waals surface area contributed by atoms with Crippen LogP contribution >= 0.6 is 27.5 Å². The SMILES string of the molecule is CC(C(=O)Nc1cnn(Cc2cccc(Cl)c2)c1)n1nc(C(F)(F)F)c(Br)c1C1CC1. The van der Waals surface area contributed by atoms with Gasteiger partial charge in [0.1, 0.15) is 6.04 Å². The lowest BCUT2D eigenvalue weighted by Crippen LogP contribution is -2.26. The van der Waals surface area contributed by atoms with Crippen LogP contribution in [-0.4, -0.2) is 25.5 Å². The molecule has 3 aromatic rings. The Morgan fingerprint density at radius 2 is 2.13 bits per heavy atom. The van der Waals surface area contributed by atoms with E-state index in [-0.39, 0.29) is 10.4 Å². The van der Waals surface area contributed by atoms with Gasteiger partial charge in [-0.15, -0.1) is 0 Å². The summed E-state index contributed by atoms with van der Waals surface area (Å²) in [7, 11) is 0. The molecule has 0 saturated heterocycles. The van der Waals surface area contributed by atoms with E-state index in [1.807, 2.05) is 18.2 Å². The first kappa shape index (κ1) is 21.9. The van der Waals surface area contributed by atoms with Crippen molar-refractivity contribution in [2.24, 2.45) is 0 Å². The topological polar surface area (TPSA) is 64.7 Å². The zero-order valence-corrected chi connectivity index (χ0v) is 18.7. The summed E-state index contributed by atoms with van der Waals surface area (Å²) in [6.07, 6.45) is 0.0639. The molecule has 6 nitrogen and oxygen atoms in total. The summed E-state index contributed by atoms with van der Waals surface area (Å²) >= 11 is 9.03. The van der Waals surface area contributed by atoms with E-state index in [4.69, 9.17) is 11.6 Å². The number of halogens is 5. The van der Waals surface area contributed by atoms with Crippen molar-refractivity contribution in [1.82, 2.24) is 19.6 Å². The van der Waals surface area contributed by atoms with Gasteiger partial charge in [0.25, 0.3) is 0 Å². The number of anilines is 1. The number of nitrogens with one attached hydrogen (secondary N) is 1. The number of hydrogen-bond donors (Lipinski definition) is 1. The number of benzene rings is 1. The standard InChI is InChI=1S/C20H18BrClF3N5O/c1-11(30-17(13-5-6-13)16(21)18(28-30)20(23,24)25)19(31)27-15-8-26-29(10-15)9-12-3-2-4-14(22)7-12/h2-4,7-8,10-11,13H,5-6,9H2,1H3,(H,27,31). The minimum atomic E-state index is -4.61. The second kappa shape index (κ2) is 8.31. The largest absolute Gasteiger partial charge is 0.436 e. The summed E-state index contributed by atoms with van der Waals surface area (Å²) in [4.78, 5) is 12.8. The second-order valence-corrected chi connectivity index (χ2v) is 8.72. The summed E-state index contributed by atoms with van der Waals surface area (Å²) in [6, 6.07) is 6.40. The molecule has 1 aromatic carbocycles. The van der Waals surface area contributed by atoms with Crippen LogP contribution in [0.3, 0.4) is 0 Å². The zero-order chi connectivity index (χ0) is 22.3. The summed E-state index contributed by atoms with van der Waals surface area (Å²) in [5, 5.41) is 11.3. The molecule has 1 atom stereocenters. The molecular weight excluding hydrogens is 499 g/mol. The van der Waals surface area contributed by atoms with Crippen LogP contribution in [0.15, 0.2) is 41.1 Å². The van der Waals surface area contributed by atoms with Crippen LogP contribution in [-0.2, 0) is 17.5 Å². The molecule has 1 amide bonds. The van der Waals surface area contributed by atoms with E-state index in [0.29, 0.717) is 22.9 Å². The fourth-order valence-corrected chi connectivity index (χ4v) is 4.34. The van der Waals surface area contributed by atoms with Crippen molar-refractivity contribution < 1.29 is 18.0 Å². The van der Waals surface area contributed by atoms with E-state index in [1.54, 1.807) is 16.9 Å². The van der Waals surface area contributed by atoms with Gasteiger partial charge in [0.15, 0.2) is 5.69 Å². The number of amides is 1. The van der Waals surface area contributed by atoms with Crippen molar-refractivity contribution in [1.29, 1.82) is 0 Å². The Morgan fingerprint density at radius 1 is 1.39 bits per heavy atom. The first-order chi connectivity index (χ1) is 14.6. The van der Waals surface area contributed by atoms with Gasteiger partial charge in [-0.05, 0) is 53.4 Å². The third-order valence-corrected chi connectivity index (χ3v) is 6.02. The number of hydrogen-bond acceptors (Lipinski definition) is 3. The smallest absolute Gasteiger partial charge is 0.322 e. The molecule has 1 N–H and O–H groups in total. The van der Waals surface area contributed by atoms with Crippen LogP contribution in [0, 0.1) is 0 Å². The number of aromatic nitrogens is 4. The molecule has 31 heavy (non-hydrogen) atoms. The van der Waals surface area contributed by atoms with Crippen LogP contribution in [0.5, 0.6) is 0 Å². The lowest BCUT2D eigenvalue weighted by molar-refractivity contribution is -0.142. The van der Waals surface area contributed by atoms with Gasteiger partial charge in [0.2, 0.25) is 5.91 Å². The normalized spacial score (nSPS) is 15.2. The number of carbonyl (C=O) groups is 1. The Kier molecular flexibility index (Phi) is 5.87. The van der Waals surface area contributed by atoms with E-state index < -0.39 is 23.8 Å². The maximum absolute atomic E-state index is 13.3. The van der Waals surface area contributed by atoms with Crippen molar-refractivity contribution >= 4 is 39.1 Å².